The Labute approximate surface area is 93.2 Å². The van der Waals surface area contributed by atoms with E-state index in [2.05, 4.69) is 4.90 Å². The SMILES string of the molecule is NC1(C(C2CCCCC2)N2CCC2)CC1. The van der Waals surface area contributed by atoms with Crippen LogP contribution in [0.2, 0.25) is 0 Å². The molecule has 15 heavy (non-hydrogen) atoms. The molecule has 3 rings (SSSR count). The highest BCUT2D eigenvalue weighted by Gasteiger charge is 2.52. The van der Waals surface area contributed by atoms with Gasteiger partial charge in [0.2, 0.25) is 0 Å². The molecule has 2 heteroatoms. The Balaban J connectivity index is 1.70. The average molecular weight is 208 g/mol. The fourth-order valence-electron chi connectivity index (χ4n) is 3.64. The lowest BCUT2D eigenvalue weighted by Gasteiger charge is -2.46. The maximum absolute atomic E-state index is 6.49. The highest BCUT2D eigenvalue weighted by atomic mass is 15.2. The first-order valence-corrected chi connectivity index (χ1v) is 6.82. The highest BCUT2D eigenvalue weighted by molar-refractivity contribution is 5.11. The Hall–Kier alpha value is -0.0800. The Morgan fingerprint density at radius 2 is 1.67 bits per heavy atom. The zero-order valence-corrected chi connectivity index (χ0v) is 9.75. The average Bonchev–Trinajstić information content (AvgIpc) is 2.92. The number of nitrogens with two attached hydrogens (primary N) is 1. The van der Waals surface area contributed by atoms with Crippen LogP contribution in [0.25, 0.3) is 0 Å². The first kappa shape index (κ1) is 10.1. The Bertz CT molecular complexity index is 225. The summed E-state index contributed by atoms with van der Waals surface area (Å²) >= 11 is 0. The second-order valence-corrected chi connectivity index (χ2v) is 5.97. The van der Waals surface area contributed by atoms with E-state index in [1.54, 1.807) is 0 Å². The lowest BCUT2D eigenvalue weighted by atomic mass is 9.78. The second kappa shape index (κ2) is 3.74. The van der Waals surface area contributed by atoms with Crippen molar-refractivity contribution < 1.29 is 0 Å². The van der Waals surface area contributed by atoms with Crippen LogP contribution < -0.4 is 5.73 Å². The number of hydrogen-bond acceptors (Lipinski definition) is 2. The van der Waals surface area contributed by atoms with Crippen molar-refractivity contribution in [2.75, 3.05) is 13.1 Å². The molecule has 2 saturated carbocycles. The third-order valence-electron chi connectivity index (χ3n) is 4.80. The third-order valence-corrected chi connectivity index (χ3v) is 4.80. The summed E-state index contributed by atoms with van der Waals surface area (Å²) in [6.45, 7) is 2.64. The summed E-state index contributed by atoms with van der Waals surface area (Å²) < 4.78 is 0. The molecule has 0 amide bonds. The van der Waals surface area contributed by atoms with E-state index in [0.717, 1.165) is 12.0 Å². The standard InChI is InChI=1S/C13H24N2/c14-13(7-8-13)12(15-9-4-10-15)11-5-2-1-3-6-11/h11-12H,1-10,14H2. The number of hydrogen-bond donors (Lipinski definition) is 1. The van der Waals surface area contributed by atoms with Crippen molar-refractivity contribution in [1.29, 1.82) is 0 Å². The molecule has 1 unspecified atom stereocenters. The van der Waals surface area contributed by atoms with Crippen molar-refractivity contribution in [3.8, 4) is 0 Å². The Kier molecular flexibility index (Phi) is 2.52. The predicted molar refractivity (Wildman–Crippen MR) is 62.7 cm³/mol. The minimum Gasteiger partial charge on any atom is -0.324 e. The van der Waals surface area contributed by atoms with E-state index in [1.807, 2.05) is 0 Å². The largest absolute Gasteiger partial charge is 0.324 e. The van der Waals surface area contributed by atoms with Crippen molar-refractivity contribution in [2.24, 2.45) is 11.7 Å². The first-order chi connectivity index (χ1) is 7.30. The molecule has 2 nitrogen and oxygen atoms in total. The molecule has 3 aliphatic rings. The van der Waals surface area contributed by atoms with E-state index in [0.29, 0.717) is 0 Å². The van der Waals surface area contributed by atoms with Crippen LogP contribution in [0, 0.1) is 5.92 Å². The molecule has 1 aliphatic heterocycles. The van der Waals surface area contributed by atoms with Crippen LogP contribution in [0.15, 0.2) is 0 Å². The molecule has 0 aromatic heterocycles. The summed E-state index contributed by atoms with van der Waals surface area (Å²) in [7, 11) is 0. The zero-order chi connectivity index (χ0) is 10.3. The topological polar surface area (TPSA) is 29.3 Å². The summed E-state index contributed by atoms with van der Waals surface area (Å²) in [6, 6.07) is 0.742. The third kappa shape index (κ3) is 1.83. The van der Waals surface area contributed by atoms with Gasteiger partial charge in [-0.15, -0.1) is 0 Å². The Morgan fingerprint density at radius 3 is 2.13 bits per heavy atom. The van der Waals surface area contributed by atoms with Crippen molar-refractivity contribution >= 4 is 0 Å². The summed E-state index contributed by atoms with van der Waals surface area (Å²) in [5.74, 6) is 0.923. The molecule has 1 atom stereocenters. The van der Waals surface area contributed by atoms with E-state index in [4.69, 9.17) is 5.73 Å². The Morgan fingerprint density at radius 1 is 1.00 bits per heavy atom. The molecular weight excluding hydrogens is 184 g/mol. The molecule has 1 heterocycles. The van der Waals surface area contributed by atoms with Gasteiger partial charge < -0.3 is 5.73 Å². The van der Waals surface area contributed by atoms with E-state index < -0.39 is 0 Å². The van der Waals surface area contributed by atoms with Crippen LogP contribution in [0.3, 0.4) is 0 Å². The van der Waals surface area contributed by atoms with Crippen LogP contribution in [0.5, 0.6) is 0 Å². The van der Waals surface area contributed by atoms with E-state index in [-0.39, 0.29) is 5.54 Å². The van der Waals surface area contributed by atoms with Crippen LogP contribution in [0.4, 0.5) is 0 Å². The second-order valence-electron chi connectivity index (χ2n) is 5.97. The zero-order valence-electron chi connectivity index (χ0n) is 9.75. The van der Waals surface area contributed by atoms with E-state index in [1.165, 1.54) is 64.5 Å². The molecule has 3 fully saturated rings. The fourth-order valence-corrected chi connectivity index (χ4v) is 3.64. The van der Waals surface area contributed by atoms with Gasteiger partial charge in [0, 0.05) is 11.6 Å². The maximum atomic E-state index is 6.49. The van der Waals surface area contributed by atoms with E-state index >= 15 is 0 Å². The van der Waals surface area contributed by atoms with Gasteiger partial charge in [0.15, 0.2) is 0 Å². The van der Waals surface area contributed by atoms with Crippen LogP contribution in [-0.4, -0.2) is 29.6 Å². The minimum atomic E-state index is 0.225. The smallest absolute Gasteiger partial charge is 0.0316 e. The molecule has 0 aromatic rings. The first-order valence-electron chi connectivity index (χ1n) is 6.82. The summed E-state index contributed by atoms with van der Waals surface area (Å²) in [5.41, 5.74) is 6.72. The molecule has 2 N–H and O–H groups in total. The van der Waals surface area contributed by atoms with Gasteiger partial charge in [0.25, 0.3) is 0 Å². The van der Waals surface area contributed by atoms with Gasteiger partial charge in [0.05, 0.1) is 0 Å². The summed E-state index contributed by atoms with van der Waals surface area (Å²) in [5, 5.41) is 0. The quantitative estimate of drug-likeness (QED) is 0.770. The molecule has 2 aliphatic carbocycles. The molecule has 1 saturated heterocycles. The number of rotatable bonds is 3. The van der Waals surface area contributed by atoms with Crippen LogP contribution in [0.1, 0.15) is 51.4 Å². The maximum Gasteiger partial charge on any atom is 0.0316 e. The van der Waals surface area contributed by atoms with Crippen LogP contribution >= 0.6 is 0 Å². The van der Waals surface area contributed by atoms with Gasteiger partial charge >= 0.3 is 0 Å². The minimum absolute atomic E-state index is 0.225. The van der Waals surface area contributed by atoms with E-state index in [9.17, 15) is 0 Å². The van der Waals surface area contributed by atoms with Crippen molar-refractivity contribution in [3.05, 3.63) is 0 Å². The predicted octanol–water partition coefficient (Wildman–Crippen LogP) is 2.13. The molecule has 0 radical (unpaired) electrons. The lowest BCUT2D eigenvalue weighted by molar-refractivity contribution is 0.0398. The van der Waals surface area contributed by atoms with Gasteiger partial charge in [0.1, 0.15) is 0 Å². The van der Waals surface area contributed by atoms with Gasteiger partial charge in [-0.2, -0.15) is 0 Å². The molecule has 0 aromatic carbocycles. The number of likely N-dealkylation sites (tertiary alicyclic amines) is 1. The fraction of sp³-hybridized carbons (Fsp3) is 1.00. The molecular formula is C13H24N2. The molecule has 0 bridgehead atoms. The summed E-state index contributed by atoms with van der Waals surface area (Å²) in [4.78, 5) is 2.68. The van der Waals surface area contributed by atoms with Gasteiger partial charge in [-0.3, -0.25) is 4.90 Å². The van der Waals surface area contributed by atoms with Crippen molar-refractivity contribution in [3.63, 3.8) is 0 Å². The molecule has 86 valence electrons. The lowest BCUT2D eigenvalue weighted by Crippen LogP contribution is -2.58. The highest BCUT2D eigenvalue weighted by Crippen LogP contribution is 2.45. The van der Waals surface area contributed by atoms with Crippen LogP contribution in [-0.2, 0) is 0 Å². The van der Waals surface area contributed by atoms with Crippen molar-refractivity contribution in [2.45, 2.75) is 62.9 Å². The normalized spacial score (nSPS) is 33.4. The van der Waals surface area contributed by atoms with Gasteiger partial charge in [-0.05, 0) is 51.1 Å². The monoisotopic (exact) mass is 208 g/mol. The summed E-state index contributed by atoms with van der Waals surface area (Å²) in [6.07, 6.45) is 11.2. The van der Waals surface area contributed by atoms with Gasteiger partial charge in [-0.1, -0.05) is 19.3 Å². The van der Waals surface area contributed by atoms with Crippen molar-refractivity contribution in [1.82, 2.24) is 4.90 Å². The van der Waals surface area contributed by atoms with Gasteiger partial charge in [-0.25, -0.2) is 0 Å². The number of nitrogens with zero attached hydrogens (tertiary/aromatic N) is 1. The molecule has 0 spiro atoms.